The van der Waals surface area contributed by atoms with Crippen molar-refractivity contribution in [1.29, 1.82) is 0 Å². The Balaban J connectivity index is 2.48. The predicted octanol–water partition coefficient (Wildman–Crippen LogP) is 0.614. The minimum absolute atomic E-state index is 0.156. The van der Waals surface area contributed by atoms with E-state index in [0.717, 1.165) is 0 Å². The fraction of sp³-hybridized carbons (Fsp3) is 0.900. The van der Waals surface area contributed by atoms with Gasteiger partial charge in [0.05, 0.1) is 5.60 Å². The van der Waals surface area contributed by atoms with Gasteiger partial charge in [0, 0.05) is 39.6 Å². The van der Waals surface area contributed by atoms with Gasteiger partial charge in [-0.25, -0.2) is 0 Å². The van der Waals surface area contributed by atoms with Crippen LogP contribution in [-0.4, -0.2) is 53.7 Å². The first-order valence-electron chi connectivity index (χ1n) is 5.14. The van der Waals surface area contributed by atoms with Gasteiger partial charge in [-0.1, -0.05) is 0 Å². The molecule has 1 saturated heterocycles. The molecule has 1 aliphatic rings. The third kappa shape index (κ3) is 3.63. The van der Waals surface area contributed by atoms with Crippen LogP contribution in [0.25, 0.3) is 0 Å². The zero-order valence-corrected chi connectivity index (χ0v) is 9.96. The summed E-state index contributed by atoms with van der Waals surface area (Å²) in [6.45, 7) is 3.06. The maximum Gasteiger partial charge on any atom is 0.240 e. The summed E-state index contributed by atoms with van der Waals surface area (Å²) in [4.78, 5) is 13.0. The summed E-state index contributed by atoms with van der Waals surface area (Å²) >= 11 is 5.69. The monoisotopic (exact) mass is 235 g/mol. The molecular weight excluding hydrogens is 218 g/mol. The fourth-order valence-corrected chi connectivity index (χ4v) is 1.90. The molecule has 88 valence electrons. The number of nitrogens with zero attached hydrogens (tertiary/aromatic N) is 1. The molecule has 0 saturated carbocycles. The maximum atomic E-state index is 11.5. The number of hydrogen-bond donors (Lipinski definition) is 1. The molecule has 1 atom stereocenters. The molecule has 0 aromatic rings. The van der Waals surface area contributed by atoms with Crippen LogP contribution in [0.2, 0.25) is 0 Å². The van der Waals surface area contributed by atoms with Crippen LogP contribution >= 0.6 is 11.6 Å². The molecule has 0 bridgehead atoms. The number of carbonyl (C=O) groups excluding carboxylic acids is 1. The Kier molecular flexibility index (Phi) is 4.37. The molecule has 15 heavy (non-hydrogen) atoms. The van der Waals surface area contributed by atoms with Crippen LogP contribution in [0, 0.1) is 0 Å². The normalized spacial score (nSPS) is 22.1. The van der Waals surface area contributed by atoms with Crippen molar-refractivity contribution in [3.63, 3.8) is 0 Å². The fourth-order valence-electron chi connectivity index (χ4n) is 1.73. The molecule has 0 aromatic carbocycles. The van der Waals surface area contributed by atoms with Gasteiger partial charge in [0.1, 0.15) is 5.38 Å². The molecule has 1 N–H and O–H groups in total. The van der Waals surface area contributed by atoms with Crippen LogP contribution < -0.4 is 0 Å². The van der Waals surface area contributed by atoms with Crippen molar-refractivity contribution in [1.82, 2.24) is 4.90 Å². The third-order valence-corrected chi connectivity index (χ3v) is 2.86. The Hall–Kier alpha value is -0.320. The van der Waals surface area contributed by atoms with E-state index in [1.54, 1.807) is 14.0 Å². The average Bonchev–Trinajstić information content (AvgIpc) is 2.16. The molecule has 0 radical (unpaired) electrons. The molecule has 1 fully saturated rings. The van der Waals surface area contributed by atoms with Gasteiger partial charge >= 0.3 is 0 Å². The van der Waals surface area contributed by atoms with Crippen LogP contribution in [0.3, 0.4) is 0 Å². The Morgan fingerprint density at radius 3 is 2.60 bits per heavy atom. The quantitative estimate of drug-likeness (QED) is 0.730. The molecule has 1 aliphatic heterocycles. The number of ether oxygens (including phenoxy) is 1. The second-order valence-corrected chi connectivity index (χ2v) is 4.80. The highest BCUT2D eigenvalue weighted by atomic mass is 35.5. The summed E-state index contributed by atoms with van der Waals surface area (Å²) in [6.07, 6.45) is 1.14. The van der Waals surface area contributed by atoms with Crippen LogP contribution in [-0.2, 0) is 9.53 Å². The van der Waals surface area contributed by atoms with Gasteiger partial charge < -0.3 is 14.7 Å². The molecule has 4 nitrogen and oxygen atoms in total. The number of hydrogen-bond acceptors (Lipinski definition) is 3. The standard InChI is InChI=1S/C10H18ClNO3/c1-8(11)9(13)12(2)7-10(14)3-5-15-6-4-10/h8,14H,3-7H2,1-2H3. The molecule has 0 spiro atoms. The van der Waals surface area contributed by atoms with E-state index in [1.807, 2.05) is 0 Å². The lowest BCUT2D eigenvalue weighted by Gasteiger charge is -2.35. The average molecular weight is 236 g/mol. The maximum absolute atomic E-state index is 11.5. The third-order valence-electron chi connectivity index (χ3n) is 2.67. The van der Waals surface area contributed by atoms with Crippen molar-refractivity contribution in [2.75, 3.05) is 26.8 Å². The molecule has 0 aliphatic carbocycles. The van der Waals surface area contributed by atoms with E-state index in [0.29, 0.717) is 32.6 Å². The number of likely N-dealkylation sites (N-methyl/N-ethyl adjacent to an activating group) is 1. The predicted molar refractivity (Wildman–Crippen MR) is 58.0 cm³/mol. The van der Waals surface area contributed by atoms with E-state index in [4.69, 9.17) is 16.3 Å². The number of amides is 1. The molecule has 0 aromatic heterocycles. The highest BCUT2D eigenvalue weighted by Crippen LogP contribution is 2.21. The SMILES string of the molecule is CC(Cl)C(=O)N(C)CC1(O)CCOCC1. The van der Waals surface area contributed by atoms with Crippen LogP contribution in [0.4, 0.5) is 0 Å². The Labute approximate surface area is 95.2 Å². The van der Waals surface area contributed by atoms with E-state index in [9.17, 15) is 9.90 Å². The molecular formula is C10H18ClNO3. The van der Waals surface area contributed by atoms with Gasteiger partial charge in [0.15, 0.2) is 0 Å². The number of aliphatic hydroxyl groups is 1. The van der Waals surface area contributed by atoms with E-state index in [-0.39, 0.29) is 5.91 Å². The van der Waals surface area contributed by atoms with E-state index >= 15 is 0 Å². The Bertz CT molecular complexity index is 227. The minimum atomic E-state index is -0.811. The smallest absolute Gasteiger partial charge is 0.240 e. The second-order valence-electron chi connectivity index (χ2n) is 4.15. The van der Waals surface area contributed by atoms with Gasteiger partial charge in [-0.2, -0.15) is 0 Å². The highest BCUT2D eigenvalue weighted by Gasteiger charge is 2.32. The highest BCUT2D eigenvalue weighted by molar-refractivity contribution is 6.30. The summed E-state index contributed by atoms with van der Waals surface area (Å²) in [5.41, 5.74) is -0.811. The van der Waals surface area contributed by atoms with Crippen molar-refractivity contribution in [3.8, 4) is 0 Å². The van der Waals surface area contributed by atoms with Crippen LogP contribution in [0.1, 0.15) is 19.8 Å². The minimum Gasteiger partial charge on any atom is -0.388 e. The molecule has 1 rings (SSSR count). The molecule has 5 heteroatoms. The lowest BCUT2D eigenvalue weighted by Crippen LogP contribution is -2.48. The zero-order valence-electron chi connectivity index (χ0n) is 9.20. The summed E-state index contributed by atoms with van der Waals surface area (Å²) in [6, 6.07) is 0. The molecule has 1 amide bonds. The Morgan fingerprint density at radius 2 is 2.13 bits per heavy atom. The van der Waals surface area contributed by atoms with Crippen molar-refractivity contribution in [2.45, 2.75) is 30.7 Å². The van der Waals surface area contributed by atoms with Crippen molar-refractivity contribution in [3.05, 3.63) is 0 Å². The number of rotatable bonds is 3. The van der Waals surface area contributed by atoms with Gasteiger partial charge in [-0.15, -0.1) is 11.6 Å². The topological polar surface area (TPSA) is 49.8 Å². The van der Waals surface area contributed by atoms with E-state index in [1.165, 1.54) is 4.90 Å². The van der Waals surface area contributed by atoms with E-state index < -0.39 is 11.0 Å². The first-order chi connectivity index (χ1) is 6.94. The Morgan fingerprint density at radius 1 is 1.60 bits per heavy atom. The van der Waals surface area contributed by atoms with Crippen LogP contribution in [0.5, 0.6) is 0 Å². The summed E-state index contributed by atoms with van der Waals surface area (Å²) in [5, 5.41) is 9.61. The lowest BCUT2D eigenvalue weighted by atomic mass is 9.94. The van der Waals surface area contributed by atoms with Gasteiger partial charge in [-0.3, -0.25) is 4.79 Å². The number of halogens is 1. The van der Waals surface area contributed by atoms with Gasteiger partial charge in [0.2, 0.25) is 5.91 Å². The largest absolute Gasteiger partial charge is 0.388 e. The molecule has 1 unspecified atom stereocenters. The first kappa shape index (κ1) is 12.7. The second kappa shape index (κ2) is 5.14. The lowest BCUT2D eigenvalue weighted by molar-refractivity contribution is -0.136. The van der Waals surface area contributed by atoms with Crippen LogP contribution in [0.15, 0.2) is 0 Å². The summed E-state index contributed by atoms with van der Waals surface area (Å²) in [5.74, 6) is -0.156. The molecule has 1 heterocycles. The zero-order chi connectivity index (χ0) is 11.5. The first-order valence-corrected chi connectivity index (χ1v) is 5.57. The van der Waals surface area contributed by atoms with Crippen molar-refractivity contribution >= 4 is 17.5 Å². The summed E-state index contributed by atoms with van der Waals surface area (Å²) in [7, 11) is 1.66. The number of alkyl halides is 1. The van der Waals surface area contributed by atoms with Gasteiger partial charge in [0.25, 0.3) is 0 Å². The van der Waals surface area contributed by atoms with Gasteiger partial charge in [-0.05, 0) is 6.92 Å². The summed E-state index contributed by atoms with van der Waals surface area (Å²) < 4.78 is 5.16. The van der Waals surface area contributed by atoms with Crippen molar-refractivity contribution in [2.24, 2.45) is 0 Å². The van der Waals surface area contributed by atoms with Crippen molar-refractivity contribution < 1.29 is 14.6 Å². The number of carbonyl (C=O) groups is 1. The van der Waals surface area contributed by atoms with E-state index in [2.05, 4.69) is 0 Å².